The minimum absolute atomic E-state index is 0.0177. The molecule has 0 aromatic carbocycles. The van der Waals surface area contributed by atoms with Crippen molar-refractivity contribution in [1.82, 2.24) is 0 Å². The maximum Gasteiger partial charge on any atom is 0.482 e. The monoisotopic (exact) mass is 530 g/mol. The van der Waals surface area contributed by atoms with Gasteiger partial charge in [0, 0.05) is 36.9 Å². The maximum absolute atomic E-state index is 12.8. The Labute approximate surface area is 179 Å². The lowest BCUT2D eigenvalue weighted by atomic mass is 10.5. The molecule has 14 heteroatoms. The van der Waals surface area contributed by atoms with Crippen LogP contribution < -0.4 is 0 Å². The first-order valence-corrected chi connectivity index (χ1v) is 11.2. The second kappa shape index (κ2) is 10.9. The second-order valence-electron chi connectivity index (χ2n) is 3.95. The lowest BCUT2D eigenvalue weighted by Gasteiger charge is -2.32. The molecule has 0 aromatic rings. The van der Waals surface area contributed by atoms with E-state index in [1.165, 1.54) is 0 Å². The number of alkyl halides is 9. The minimum atomic E-state index is -4.64. The third-order valence-corrected chi connectivity index (χ3v) is 6.31. The highest BCUT2D eigenvalue weighted by molar-refractivity contribution is 7.49. The average molecular weight is 534 g/mol. The van der Waals surface area contributed by atoms with Crippen LogP contribution in [0.5, 0.6) is 0 Å². The van der Waals surface area contributed by atoms with Gasteiger partial charge in [-0.1, -0.05) is 69.6 Å². The summed E-state index contributed by atoms with van der Waals surface area (Å²) in [5.74, 6) is -0.0531. The molecule has 0 saturated carbocycles. The summed E-state index contributed by atoms with van der Waals surface area (Å²) in [6.07, 6.45) is -0.391. The van der Waals surface area contributed by atoms with Gasteiger partial charge in [-0.3, -0.25) is 0 Å². The van der Waals surface area contributed by atoms with Crippen LogP contribution in [0.1, 0.15) is 19.3 Å². The van der Waals surface area contributed by atoms with Crippen molar-refractivity contribution in [2.24, 2.45) is 0 Å². The molecule has 0 rings (SSSR count). The minimum Gasteiger partial charge on any atom is -0.249 e. The number of phosphoric ester groups is 1. The van der Waals surface area contributed by atoms with E-state index >= 15 is 0 Å². The van der Waals surface area contributed by atoms with Crippen LogP contribution in [-0.2, 0) is 18.1 Å². The molecule has 0 heterocycles. The first-order valence-electron chi connectivity index (χ1n) is 5.84. The Morgan fingerprint density at radius 1 is 0.609 bits per heavy atom. The van der Waals surface area contributed by atoms with Crippen LogP contribution in [0.3, 0.4) is 0 Å². The third-order valence-electron chi connectivity index (χ3n) is 1.89. The highest BCUT2D eigenvalue weighted by Crippen LogP contribution is 2.63. The quantitative estimate of drug-likeness (QED) is 0.193. The van der Waals surface area contributed by atoms with E-state index in [0.29, 0.717) is 0 Å². The van der Waals surface area contributed by atoms with Crippen LogP contribution in [0, 0.1) is 0 Å². The molecule has 0 atom stereocenters. The maximum atomic E-state index is 12.8. The predicted molar refractivity (Wildman–Crippen MR) is 100 cm³/mol. The topological polar surface area (TPSA) is 44.8 Å². The molecule has 23 heavy (non-hydrogen) atoms. The summed E-state index contributed by atoms with van der Waals surface area (Å²) in [6, 6.07) is 0. The van der Waals surface area contributed by atoms with Gasteiger partial charge in [-0.05, 0) is 0 Å². The zero-order chi connectivity index (χ0) is 18.4. The number of hydrogen-bond donors (Lipinski definition) is 0. The van der Waals surface area contributed by atoms with E-state index in [1.807, 2.05) is 0 Å². The number of phosphoric acid groups is 1. The Morgan fingerprint density at radius 2 is 0.826 bits per heavy atom. The lowest BCUT2D eigenvalue weighted by Crippen LogP contribution is -2.27. The molecule has 0 bridgehead atoms. The first-order chi connectivity index (χ1) is 10.3. The van der Waals surface area contributed by atoms with Crippen molar-refractivity contribution in [1.29, 1.82) is 0 Å². The third kappa shape index (κ3) is 11.9. The Hall–Kier alpha value is 2.72. The van der Waals surface area contributed by atoms with Gasteiger partial charge in [0.25, 0.3) is 0 Å². The van der Waals surface area contributed by atoms with Crippen molar-refractivity contribution >= 4 is 112 Å². The van der Waals surface area contributed by atoms with Crippen LogP contribution in [0.4, 0.5) is 0 Å². The Morgan fingerprint density at radius 3 is 1.00 bits per heavy atom. The highest BCUT2D eigenvalue weighted by atomic mass is 35.5. The van der Waals surface area contributed by atoms with E-state index in [1.54, 1.807) is 0 Å². The summed E-state index contributed by atoms with van der Waals surface area (Å²) in [4.78, 5) is 0. The molecule has 0 aliphatic heterocycles. The SMILES string of the molecule is O=P(OC(Cl)(Cl)CCCl)(OC(Cl)(Cl)CCCl)OC(Cl)(Cl)CCCl. The smallest absolute Gasteiger partial charge is 0.249 e. The molecule has 0 aromatic heterocycles. The summed E-state index contributed by atoms with van der Waals surface area (Å²) in [5, 5.41) is 0. The summed E-state index contributed by atoms with van der Waals surface area (Å²) in [5.41, 5.74) is 0. The van der Waals surface area contributed by atoms with Crippen molar-refractivity contribution in [2.75, 3.05) is 17.6 Å². The molecule has 0 fully saturated rings. The molecule has 0 aliphatic rings. The van der Waals surface area contributed by atoms with Gasteiger partial charge in [-0.25, -0.2) is 18.1 Å². The van der Waals surface area contributed by atoms with Gasteiger partial charge in [-0.15, -0.1) is 34.8 Å². The summed E-state index contributed by atoms with van der Waals surface area (Å²) < 4.78 is 21.6. The van der Waals surface area contributed by atoms with Gasteiger partial charge in [0.2, 0.25) is 13.6 Å². The van der Waals surface area contributed by atoms with Crippen molar-refractivity contribution in [3.63, 3.8) is 0 Å². The zero-order valence-corrected chi connectivity index (χ0v) is 18.9. The molecular weight excluding hydrogens is 522 g/mol. The Bertz CT molecular complexity index is 349. The van der Waals surface area contributed by atoms with Crippen molar-refractivity contribution in [2.45, 2.75) is 32.8 Å². The number of halogens is 9. The number of rotatable bonds is 12. The zero-order valence-electron chi connectivity index (χ0n) is 11.2. The molecule has 0 radical (unpaired) electrons. The fourth-order valence-corrected chi connectivity index (χ4v) is 5.85. The fourth-order valence-electron chi connectivity index (χ4n) is 1.01. The number of hydrogen-bond acceptors (Lipinski definition) is 4. The molecule has 0 amide bonds. The Balaban J connectivity index is 5.39. The van der Waals surface area contributed by atoms with Gasteiger partial charge < -0.3 is 0 Å². The van der Waals surface area contributed by atoms with E-state index in [0.717, 1.165) is 0 Å². The highest BCUT2D eigenvalue weighted by Gasteiger charge is 2.48. The van der Waals surface area contributed by atoms with Gasteiger partial charge in [0.15, 0.2) is 0 Å². The predicted octanol–water partition coefficient (Wildman–Crippen LogP) is 7.43. The summed E-state index contributed by atoms with van der Waals surface area (Å²) in [7, 11) is -4.64. The second-order valence-corrected chi connectivity index (χ2v) is 10.8. The van der Waals surface area contributed by atoms with E-state index in [9.17, 15) is 4.57 Å². The molecular formula is C9H12Cl9O4P. The molecule has 0 unspecified atom stereocenters. The standard InChI is InChI=1S/C9H12Cl9O4P/c10-4-1-7(13,14)20-23(19,21-8(15,16)2-5-11)22-9(17,18)3-6-12/h1-6H2. The van der Waals surface area contributed by atoms with Gasteiger partial charge >= 0.3 is 7.82 Å². The van der Waals surface area contributed by atoms with E-state index in [2.05, 4.69) is 0 Å². The normalized spacial score (nSPS) is 14.3. The molecule has 0 aliphatic carbocycles. The van der Waals surface area contributed by atoms with Gasteiger partial charge in [0.05, 0.1) is 0 Å². The van der Waals surface area contributed by atoms with Crippen LogP contribution in [-0.4, -0.2) is 31.2 Å². The summed E-state index contributed by atoms with van der Waals surface area (Å²) in [6.45, 7) is 0. The molecule has 0 spiro atoms. The lowest BCUT2D eigenvalue weighted by molar-refractivity contribution is 0.0531. The average Bonchev–Trinajstić information content (AvgIpc) is 2.23. The molecule has 140 valence electrons. The molecule has 0 saturated heterocycles. The van der Waals surface area contributed by atoms with Crippen LogP contribution >= 0.6 is 112 Å². The van der Waals surface area contributed by atoms with Gasteiger partial charge in [-0.2, -0.15) is 0 Å². The van der Waals surface area contributed by atoms with Crippen molar-refractivity contribution < 1.29 is 18.1 Å². The first kappa shape index (κ1) is 25.7. The molecule has 0 N–H and O–H groups in total. The van der Waals surface area contributed by atoms with E-state index in [4.69, 9.17) is 118 Å². The van der Waals surface area contributed by atoms with Crippen LogP contribution in [0.25, 0.3) is 0 Å². The van der Waals surface area contributed by atoms with E-state index in [-0.39, 0.29) is 36.9 Å². The van der Waals surface area contributed by atoms with Crippen molar-refractivity contribution in [3.8, 4) is 0 Å². The fraction of sp³-hybridized carbons (Fsp3) is 1.00. The molecule has 4 nitrogen and oxygen atoms in total. The summed E-state index contributed by atoms with van der Waals surface area (Å²) >= 11 is 51.6. The van der Waals surface area contributed by atoms with Crippen LogP contribution in [0.2, 0.25) is 0 Å². The van der Waals surface area contributed by atoms with Crippen LogP contribution in [0.15, 0.2) is 0 Å². The van der Waals surface area contributed by atoms with Crippen molar-refractivity contribution in [3.05, 3.63) is 0 Å². The Kier molecular flexibility index (Phi) is 12.2. The largest absolute Gasteiger partial charge is 0.482 e. The van der Waals surface area contributed by atoms with E-state index < -0.39 is 21.4 Å². The van der Waals surface area contributed by atoms with Gasteiger partial charge in [0.1, 0.15) is 0 Å².